The molecule has 0 radical (unpaired) electrons. The lowest BCUT2D eigenvalue weighted by Gasteiger charge is -2.15. The Kier molecular flexibility index (Phi) is 2.64. The maximum atomic E-state index is 11.9. The van der Waals surface area contributed by atoms with Crippen molar-refractivity contribution in [2.45, 2.75) is 17.3 Å². The molecule has 2 aliphatic rings. The van der Waals surface area contributed by atoms with Crippen molar-refractivity contribution in [3.63, 3.8) is 0 Å². The van der Waals surface area contributed by atoms with Crippen molar-refractivity contribution < 1.29 is 9.53 Å². The van der Waals surface area contributed by atoms with E-state index in [1.165, 1.54) is 18.0 Å². The van der Waals surface area contributed by atoms with Gasteiger partial charge in [-0.1, -0.05) is 11.8 Å². The smallest absolute Gasteiger partial charge is 0.258 e. The van der Waals surface area contributed by atoms with Crippen LogP contribution in [0.4, 0.5) is 0 Å². The van der Waals surface area contributed by atoms with Gasteiger partial charge >= 0.3 is 0 Å². The molecular formula is C10H12N4O2S. The summed E-state index contributed by atoms with van der Waals surface area (Å²) in [5, 5.41) is 6.72. The molecule has 0 aliphatic carbocycles. The number of hydrogen-bond donors (Lipinski definition) is 2. The molecule has 7 heteroatoms. The van der Waals surface area contributed by atoms with E-state index in [4.69, 9.17) is 4.74 Å². The highest BCUT2D eigenvalue weighted by atomic mass is 32.2. The summed E-state index contributed by atoms with van der Waals surface area (Å²) in [6, 6.07) is 0.00873. The summed E-state index contributed by atoms with van der Waals surface area (Å²) in [4.78, 5) is 20.3. The van der Waals surface area contributed by atoms with Gasteiger partial charge in [-0.25, -0.2) is 4.98 Å². The van der Waals surface area contributed by atoms with Crippen LogP contribution < -0.4 is 15.4 Å². The molecular weight excluding hydrogens is 240 g/mol. The Morgan fingerprint density at radius 2 is 2.41 bits per heavy atom. The van der Waals surface area contributed by atoms with E-state index >= 15 is 0 Å². The van der Waals surface area contributed by atoms with E-state index < -0.39 is 0 Å². The summed E-state index contributed by atoms with van der Waals surface area (Å²) in [6.07, 6.45) is 3.36. The van der Waals surface area contributed by atoms with Gasteiger partial charge in [0.05, 0.1) is 6.04 Å². The maximum absolute atomic E-state index is 11.9. The van der Waals surface area contributed by atoms with Crippen molar-refractivity contribution in [1.82, 2.24) is 20.6 Å². The molecule has 3 rings (SSSR count). The first kappa shape index (κ1) is 10.8. The molecule has 1 saturated heterocycles. The Morgan fingerprint density at radius 1 is 1.53 bits per heavy atom. The third-order valence-electron chi connectivity index (χ3n) is 2.90. The molecule has 1 fully saturated rings. The van der Waals surface area contributed by atoms with Crippen LogP contribution in [0.2, 0.25) is 0 Å². The second-order valence-electron chi connectivity index (χ2n) is 3.97. The molecule has 2 aliphatic heterocycles. The number of carbonyl (C=O) groups is 1. The zero-order chi connectivity index (χ0) is 11.8. The third kappa shape index (κ3) is 1.85. The number of thioether (sulfide) groups is 1. The number of rotatable bonds is 1. The van der Waals surface area contributed by atoms with Crippen molar-refractivity contribution in [3.8, 4) is 5.88 Å². The van der Waals surface area contributed by atoms with Crippen LogP contribution in [-0.2, 0) is 0 Å². The van der Waals surface area contributed by atoms with Gasteiger partial charge < -0.3 is 15.4 Å². The molecule has 2 N–H and O–H groups in total. The van der Waals surface area contributed by atoms with Gasteiger partial charge in [0.15, 0.2) is 5.16 Å². The van der Waals surface area contributed by atoms with E-state index in [9.17, 15) is 4.79 Å². The van der Waals surface area contributed by atoms with E-state index in [0.717, 1.165) is 13.1 Å². The number of fused-ring (bicyclic) bond motifs is 2. The lowest BCUT2D eigenvalue weighted by molar-refractivity contribution is 0.0933. The van der Waals surface area contributed by atoms with Crippen LogP contribution in [0.1, 0.15) is 10.4 Å². The zero-order valence-electron chi connectivity index (χ0n) is 9.27. The van der Waals surface area contributed by atoms with E-state index in [-0.39, 0.29) is 18.1 Å². The molecule has 2 atom stereocenters. The summed E-state index contributed by atoms with van der Waals surface area (Å²) in [6.45, 7) is 1.45. The van der Waals surface area contributed by atoms with Crippen LogP contribution in [0.25, 0.3) is 0 Å². The molecule has 0 saturated carbocycles. The molecule has 1 aromatic rings. The van der Waals surface area contributed by atoms with Gasteiger partial charge in [0.1, 0.15) is 11.7 Å². The summed E-state index contributed by atoms with van der Waals surface area (Å²) < 4.78 is 5.78. The minimum absolute atomic E-state index is 0.00873. The van der Waals surface area contributed by atoms with Crippen molar-refractivity contribution in [2.24, 2.45) is 0 Å². The van der Waals surface area contributed by atoms with E-state index in [1.807, 2.05) is 6.26 Å². The van der Waals surface area contributed by atoms with E-state index in [1.54, 1.807) is 0 Å². The second-order valence-corrected chi connectivity index (χ2v) is 4.74. The number of aromatic nitrogens is 2. The molecule has 2 unspecified atom stereocenters. The summed E-state index contributed by atoms with van der Waals surface area (Å²) >= 11 is 1.43. The fourth-order valence-electron chi connectivity index (χ4n) is 2.01. The van der Waals surface area contributed by atoms with Crippen LogP contribution in [-0.4, -0.2) is 47.4 Å². The van der Waals surface area contributed by atoms with Gasteiger partial charge in [-0.15, -0.1) is 0 Å². The highest BCUT2D eigenvalue weighted by molar-refractivity contribution is 7.98. The number of amides is 1. The van der Waals surface area contributed by atoms with E-state index in [0.29, 0.717) is 16.6 Å². The molecule has 0 spiro atoms. The van der Waals surface area contributed by atoms with E-state index in [2.05, 4.69) is 20.6 Å². The molecule has 0 bridgehead atoms. The highest BCUT2D eigenvalue weighted by Gasteiger charge is 2.35. The first-order chi connectivity index (χ1) is 8.28. The Labute approximate surface area is 103 Å². The molecule has 6 nitrogen and oxygen atoms in total. The van der Waals surface area contributed by atoms with Gasteiger partial charge in [0.2, 0.25) is 5.88 Å². The normalized spacial score (nSPS) is 26.5. The number of ether oxygens (including phenoxy) is 1. The van der Waals surface area contributed by atoms with Crippen LogP contribution in [0.5, 0.6) is 5.88 Å². The molecule has 3 heterocycles. The van der Waals surface area contributed by atoms with Crippen molar-refractivity contribution in [1.29, 1.82) is 0 Å². The van der Waals surface area contributed by atoms with Gasteiger partial charge in [0, 0.05) is 19.3 Å². The molecule has 90 valence electrons. The summed E-state index contributed by atoms with van der Waals surface area (Å²) in [7, 11) is 0. The minimum Gasteiger partial charge on any atom is -0.470 e. The number of nitrogens with one attached hydrogen (secondary N) is 2. The van der Waals surface area contributed by atoms with Crippen molar-refractivity contribution in [3.05, 3.63) is 11.8 Å². The zero-order valence-corrected chi connectivity index (χ0v) is 10.1. The minimum atomic E-state index is -0.163. The van der Waals surface area contributed by atoms with Crippen LogP contribution in [0, 0.1) is 0 Å². The predicted octanol–water partition coefficient (Wildman–Crippen LogP) is -0.339. The lowest BCUT2D eigenvalue weighted by Crippen LogP contribution is -2.42. The fourth-order valence-corrected chi connectivity index (χ4v) is 2.34. The number of nitrogens with zero attached hydrogens (tertiary/aromatic N) is 2. The van der Waals surface area contributed by atoms with Crippen molar-refractivity contribution in [2.75, 3.05) is 19.3 Å². The standard InChI is InChI=1S/C10H12N4O2S/c1-17-10-12-2-5-8(15)13-6-3-11-4-7(6)16-9(5)14-10/h2,6-7,11H,3-4H2,1H3,(H,13,15). The Bertz CT molecular complexity index is 468. The first-order valence-electron chi connectivity index (χ1n) is 5.37. The highest BCUT2D eigenvalue weighted by Crippen LogP contribution is 2.24. The average molecular weight is 252 g/mol. The van der Waals surface area contributed by atoms with Gasteiger partial charge in [0.25, 0.3) is 5.91 Å². The SMILES string of the molecule is CSc1ncc2c(n1)OC1CNCC1NC2=O. The van der Waals surface area contributed by atoms with Gasteiger partial charge in [-0.2, -0.15) is 4.98 Å². The topological polar surface area (TPSA) is 76.1 Å². The fraction of sp³-hybridized carbons (Fsp3) is 0.500. The van der Waals surface area contributed by atoms with Crippen LogP contribution in [0.3, 0.4) is 0 Å². The molecule has 17 heavy (non-hydrogen) atoms. The first-order valence-corrected chi connectivity index (χ1v) is 6.59. The number of hydrogen-bond acceptors (Lipinski definition) is 6. The quantitative estimate of drug-likeness (QED) is 0.526. The summed E-state index contributed by atoms with van der Waals surface area (Å²) in [5.74, 6) is 0.224. The monoisotopic (exact) mass is 252 g/mol. The second kappa shape index (κ2) is 4.15. The summed E-state index contributed by atoms with van der Waals surface area (Å²) in [5.41, 5.74) is 0.414. The van der Waals surface area contributed by atoms with Gasteiger partial charge in [-0.05, 0) is 6.26 Å². The van der Waals surface area contributed by atoms with Crippen LogP contribution >= 0.6 is 11.8 Å². The molecule has 1 aromatic heterocycles. The average Bonchev–Trinajstić information content (AvgIpc) is 2.71. The lowest BCUT2D eigenvalue weighted by atomic mass is 10.2. The largest absolute Gasteiger partial charge is 0.470 e. The van der Waals surface area contributed by atoms with Gasteiger partial charge in [-0.3, -0.25) is 4.79 Å². The number of carbonyl (C=O) groups excluding carboxylic acids is 1. The Morgan fingerprint density at radius 3 is 3.24 bits per heavy atom. The van der Waals surface area contributed by atoms with Crippen molar-refractivity contribution >= 4 is 17.7 Å². The predicted molar refractivity (Wildman–Crippen MR) is 62.4 cm³/mol. The Balaban J connectivity index is 2.00. The third-order valence-corrected chi connectivity index (χ3v) is 3.46. The Hall–Kier alpha value is -1.34. The molecule has 1 amide bonds. The maximum Gasteiger partial charge on any atom is 0.258 e. The molecule has 0 aromatic carbocycles. The van der Waals surface area contributed by atoms with Crippen LogP contribution in [0.15, 0.2) is 11.4 Å².